The van der Waals surface area contributed by atoms with E-state index in [1.165, 1.54) is 17.8 Å². The summed E-state index contributed by atoms with van der Waals surface area (Å²) in [6.07, 6.45) is 5.07. The van der Waals surface area contributed by atoms with Gasteiger partial charge in [0.1, 0.15) is 5.82 Å². The van der Waals surface area contributed by atoms with Gasteiger partial charge >= 0.3 is 0 Å². The largest absolute Gasteiger partial charge is 0.327 e. The molecule has 0 aliphatic heterocycles. The molecule has 1 heterocycles. The van der Waals surface area contributed by atoms with Crippen LogP contribution in [0.3, 0.4) is 0 Å². The summed E-state index contributed by atoms with van der Waals surface area (Å²) in [5, 5.41) is 0.661. The highest BCUT2D eigenvalue weighted by atomic mass is 32.2. The number of benzene rings is 1. The van der Waals surface area contributed by atoms with Crippen molar-refractivity contribution in [1.82, 2.24) is 9.97 Å². The Morgan fingerprint density at radius 1 is 1.30 bits per heavy atom. The maximum Gasteiger partial charge on any atom is 0.192 e. The Labute approximate surface area is 122 Å². The van der Waals surface area contributed by atoms with Crippen LogP contribution in [0.25, 0.3) is 0 Å². The average molecular weight is 291 g/mol. The van der Waals surface area contributed by atoms with E-state index in [1.54, 1.807) is 24.5 Å². The molecule has 0 saturated heterocycles. The van der Waals surface area contributed by atoms with Gasteiger partial charge in [-0.1, -0.05) is 6.92 Å². The fourth-order valence-corrected chi connectivity index (χ4v) is 2.58. The van der Waals surface area contributed by atoms with E-state index in [2.05, 4.69) is 9.97 Å². The molecule has 0 amide bonds. The highest BCUT2D eigenvalue weighted by molar-refractivity contribution is 7.99. The zero-order chi connectivity index (χ0) is 14.5. The molecule has 0 fully saturated rings. The van der Waals surface area contributed by atoms with Crippen molar-refractivity contribution >= 4 is 11.8 Å². The lowest BCUT2D eigenvalue weighted by Gasteiger charge is -2.12. The van der Waals surface area contributed by atoms with Gasteiger partial charge in [-0.25, -0.2) is 14.4 Å². The first-order valence-corrected chi connectivity index (χ1v) is 7.40. The lowest BCUT2D eigenvalue weighted by atomic mass is 10.0. The molecule has 0 saturated carbocycles. The van der Waals surface area contributed by atoms with Crippen LogP contribution in [0.5, 0.6) is 0 Å². The Morgan fingerprint density at radius 2 is 2.00 bits per heavy atom. The molecule has 3 nitrogen and oxygen atoms in total. The van der Waals surface area contributed by atoms with Crippen molar-refractivity contribution in [2.45, 2.75) is 42.8 Å². The third-order valence-electron chi connectivity index (χ3n) is 2.99. The summed E-state index contributed by atoms with van der Waals surface area (Å²) >= 11 is 1.44. The van der Waals surface area contributed by atoms with Crippen molar-refractivity contribution < 1.29 is 4.39 Å². The number of aromatic nitrogens is 2. The molecule has 0 bridgehead atoms. The number of halogens is 1. The summed E-state index contributed by atoms with van der Waals surface area (Å²) in [5.41, 5.74) is 7.90. The van der Waals surface area contributed by atoms with Crippen LogP contribution in [-0.4, -0.2) is 16.0 Å². The van der Waals surface area contributed by atoms with Gasteiger partial charge in [-0.05, 0) is 60.9 Å². The molecule has 2 N–H and O–H groups in total. The van der Waals surface area contributed by atoms with Crippen LogP contribution in [-0.2, 0) is 6.42 Å². The van der Waals surface area contributed by atoms with Gasteiger partial charge in [-0.2, -0.15) is 0 Å². The monoisotopic (exact) mass is 291 g/mol. The first-order valence-electron chi connectivity index (χ1n) is 6.59. The number of aryl methyl sites for hydroxylation is 1. The topological polar surface area (TPSA) is 51.8 Å². The molecular weight excluding hydrogens is 273 g/mol. The molecule has 1 atom stereocenters. The molecule has 20 heavy (non-hydrogen) atoms. The third kappa shape index (κ3) is 4.02. The quantitative estimate of drug-likeness (QED) is 0.858. The number of nitrogens with zero attached hydrogens (tertiary/aromatic N) is 2. The van der Waals surface area contributed by atoms with E-state index in [0.29, 0.717) is 11.6 Å². The van der Waals surface area contributed by atoms with Crippen molar-refractivity contribution in [2.24, 2.45) is 5.73 Å². The molecule has 106 valence electrons. The Morgan fingerprint density at radius 3 is 2.65 bits per heavy atom. The van der Waals surface area contributed by atoms with Gasteiger partial charge < -0.3 is 5.73 Å². The van der Waals surface area contributed by atoms with Gasteiger partial charge in [0.25, 0.3) is 0 Å². The standard InChI is InChI=1S/C15H18FN3S/c1-3-13(17)7-11-6-12(16)4-5-14(11)20-15-18-8-10(2)9-19-15/h4-6,8-9,13H,3,7,17H2,1-2H3. The van der Waals surface area contributed by atoms with Crippen LogP contribution in [0.2, 0.25) is 0 Å². The minimum Gasteiger partial charge on any atom is -0.327 e. The molecule has 0 aliphatic carbocycles. The van der Waals surface area contributed by atoms with E-state index < -0.39 is 0 Å². The molecule has 1 aromatic carbocycles. The summed E-state index contributed by atoms with van der Waals surface area (Å²) in [4.78, 5) is 9.48. The summed E-state index contributed by atoms with van der Waals surface area (Å²) in [5.74, 6) is -0.238. The highest BCUT2D eigenvalue weighted by Gasteiger charge is 2.10. The summed E-state index contributed by atoms with van der Waals surface area (Å²) < 4.78 is 13.4. The third-order valence-corrected chi connectivity index (χ3v) is 4.00. The van der Waals surface area contributed by atoms with Gasteiger partial charge in [0.15, 0.2) is 5.16 Å². The first-order chi connectivity index (χ1) is 9.58. The zero-order valence-electron chi connectivity index (χ0n) is 11.6. The van der Waals surface area contributed by atoms with E-state index in [0.717, 1.165) is 22.4 Å². The fraction of sp³-hybridized carbons (Fsp3) is 0.333. The van der Waals surface area contributed by atoms with Crippen LogP contribution in [0.15, 0.2) is 40.6 Å². The number of hydrogen-bond acceptors (Lipinski definition) is 4. The highest BCUT2D eigenvalue weighted by Crippen LogP contribution is 2.29. The minimum absolute atomic E-state index is 0.0371. The maximum absolute atomic E-state index is 13.4. The minimum atomic E-state index is -0.238. The Kier molecular flexibility index (Phi) is 5.09. The molecule has 0 aliphatic rings. The van der Waals surface area contributed by atoms with Crippen LogP contribution < -0.4 is 5.73 Å². The van der Waals surface area contributed by atoms with Crippen LogP contribution in [0, 0.1) is 12.7 Å². The Balaban J connectivity index is 2.23. The van der Waals surface area contributed by atoms with Gasteiger partial charge in [0.05, 0.1) is 0 Å². The van der Waals surface area contributed by atoms with Gasteiger partial charge in [0.2, 0.25) is 0 Å². The molecule has 1 unspecified atom stereocenters. The Hall–Kier alpha value is -1.46. The number of hydrogen-bond donors (Lipinski definition) is 1. The van der Waals surface area contributed by atoms with E-state index in [-0.39, 0.29) is 11.9 Å². The molecule has 0 radical (unpaired) electrons. The maximum atomic E-state index is 13.4. The van der Waals surface area contributed by atoms with E-state index in [4.69, 9.17) is 5.73 Å². The lowest BCUT2D eigenvalue weighted by molar-refractivity contribution is 0.609. The second kappa shape index (κ2) is 6.81. The summed E-state index contributed by atoms with van der Waals surface area (Å²) in [6, 6.07) is 4.81. The average Bonchev–Trinajstić information content (AvgIpc) is 2.44. The predicted octanol–water partition coefficient (Wildman–Crippen LogP) is 3.36. The summed E-state index contributed by atoms with van der Waals surface area (Å²) in [7, 11) is 0. The zero-order valence-corrected chi connectivity index (χ0v) is 12.5. The van der Waals surface area contributed by atoms with Crippen molar-refractivity contribution in [3.05, 3.63) is 47.5 Å². The van der Waals surface area contributed by atoms with Crippen molar-refractivity contribution in [3.63, 3.8) is 0 Å². The van der Waals surface area contributed by atoms with E-state index in [1.807, 2.05) is 13.8 Å². The first kappa shape index (κ1) is 14.9. The Bertz CT molecular complexity index is 572. The van der Waals surface area contributed by atoms with Gasteiger partial charge in [-0.3, -0.25) is 0 Å². The molecule has 1 aromatic heterocycles. The number of rotatable bonds is 5. The van der Waals surface area contributed by atoms with Crippen LogP contribution in [0.1, 0.15) is 24.5 Å². The van der Waals surface area contributed by atoms with Crippen LogP contribution >= 0.6 is 11.8 Å². The molecule has 5 heteroatoms. The normalized spacial score (nSPS) is 12.4. The second-order valence-corrected chi connectivity index (χ2v) is 5.78. The van der Waals surface area contributed by atoms with E-state index >= 15 is 0 Å². The van der Waals surface area contributed by atoms with Crippen molar-refractivity contribution in [1.29, 1.82) is 0 Å². The molecule has 0 spiro atoms. The number of nitrogens with two attached hydrogens (primary N) is 1. The second-order valence-electron chi connectivity index (χ2n) is 4.77. The summed E-state index contributed by atoms with van der Waals surface area (Å²) in [6.45, 7) is 3.97. The lowest BCUT2D eigenvalue weighted by Crippen LogP contribution is -2.21. The van der Waals surface area contributed by atoms with Crippen LogP contribution in [0.4, 0.5) is 4.39 Å². The van der Waals surface area contributed by atoms with Gasteiger partial charge in [0, 0.05) is 23.3 Å². The van der Waals surface area contributed by atoms with Crippen molar-refractivity contribution in [3.8, 4) is 0 Å². The smallest absolute Gasteiger partial charge is 0.192 e. The van der Waals surface area contributed by atoms with Gasteiger partial charge in [-0.15, -0.1) is 0 Å². The molecule has 2 rings (SSSR count). The fourth-order valence-electron chi connectivity index (χ4n) is 1.77. The molecular formula is C15H18FN3S. The molecule has 2 aromatic rings. The van der Waals surface area contributed by atoms with Crippen molar-refractivity contribution in [2.75, 3.05) is 0 Å². The van der Waals surface area contributed by atoms with E-state index in [9.17, 15) is 4.39 Å². The SMILES string of the molecule is CCC(N)Cc1cc(F)ccc1Sc1ncc(C)cn1. The predicted molar refractivity (Wildman–Crippen MR) is 79.3 cm³/mol.